The number of likely N-dealkylation sites (tertiary alicyclic amines) is 1. The molecule has 1 heterocycles. The van der Waals surface area contributed by atoms with Crippen LogP contribution in [0.5, 0.6) is 5.75 Å². The number of hydrogen-bond acceptors (Lipinski definition) is 3. The number of nitrogens with zero attached hydrogens (tertiary/aromatic N) is 1. The van der Waals surface area contributed by atoms with Gasteiger partial charge in [0.15, 0.2) is 0 Å². The van der Waals surface area contributed by atoms with Crippen molar-refractivity contribution in [2.45, 2.75) is 18.5 Å². The van der Waals surface area contributed by atoms with Gasteiger partial charge in [-0.3, -0.25) is 4.79 Å². The lowest BCUT2D eigenvalue weighted by atomic mass is 9.93. The third-order valence-electron chi connectivity index (χ3n) is 4.90. The van der Waals surface area contributed by atoms with Crippen molar-refractivity contribution < 1.29 is 22.7 Å². The average Bonchev–Trinajstić information content (AvgIpc) is 2.70. The predicted octanol–water partition coefficient (Wildman–Crippen LogP) is 4.23. The van der Waals surface area contributed by atoms with Crippen LogP contribution in [0.25, 0.3) is 0 Å². The maximum Gasteiger partial charge on any atom is 0.253 e. The molecular formula is C21H22ClF3N2O2. The number of alkyl halides is 1. The van der Waals surface area contributed by atoms with Crippen LogP contribution in [0.15, 0.2) is 42.5 Å². The van der Waals surface area contributed by atoms with Crippen LogP contribution in [0.2, 0.25) is 5.02 Å². The van der Waals surface area contributed by atoms with Crippen LogP contribution < -0.4 is 10.1 Å². The van der Waals surface area contributed by atoms with Gasteiger partial charge in [-0.1, -0.05) is 17.7 Å². The summed E-state index contributed by atoms with van der Waals surface area (Å²) in [5.74, 6) is -0.820. The van der Waals surface area contributed by atoms with E-state index in [-0.39, 0.29) is 61.4 Å². The lowest BCUT2D eigenvalue weighted by Crippen LogP contribution is -2.49. The van der Waals surface area contributed by atoms with Gasteiger partial charge in [-0.05, 0) is 30.3 Å². The summed E-state index contributed by atoms with van der Waals surface area (Å²) in [6, 6.07) is 9.65. The Kier molecular flexibility index (Phi) is 7.03. The zero-order valence-corrected chi connectivity index (χ0v) is 16.5. The van der Waals surface area contributed by atoms with Crippen LogP contribution in [0.1, 0.15) is 23.2 Å². The highest BCUT2D eigenvalue weighted by molar-refractivity contribution is 6.31. The number of piperidine rings is 1. The zero-order valence-electron chi connectivity index (χ0n) is 15.8. The van der Waals surface area contributed by atoms with Crippen molar-refractivity contribution in [3.8, 4) is 5.75 Å². The zero-order chi connectivity index (χ0) is 20.9. The highest BCUT2D eigenvalue weighted by Crippen LogP contribution is 2.27. The molecule has 1 fully saturated rings. The molecule has 1 amide bonds. The van der Waals surface area contributed by atoms with E-state index in [1.165, 1.54) is 24.3 Å². The molecule has 0 aliphatic carbocycles. The van der Waals surface area contributed by atoms with E-state index in [1.807, 2.05) is 0 Å². The van der Waals surface area contributed by atoms with Crippen molar-refractivity contribution >= 4 is 17.5 Å². The largest absolute Gasteiger partial charge is 0.492 e. The number of nitrogens with one attached hydrogen (secondary N) is 1. The van der Waals surface area contributed by atoms with Gasteiger partial charge >= 0.3 is 0 Å². The summed E-state index contributed by atoms with van der Waals surface area (Å²) in [7, 11) is 0. The van der Waals surface area contributed by atoms with Gasteiger partial charge in [0.2, 0.25) is 0 Å². The van der Waals surface area contributed by atoms with E-state index >= 15 is 0 Å². The number of carbonyl (C=O) groups is 1. The second-order valence-electron chi connectivity index (χ2n) is 7.05. The maximum atomic E-state index is 15.0. The summed E-state index contributed by atoms with van der Waals surface area (Å²) in [4.78, 5) is 14.0. The molecule has 1 aliphatic heterocycles. The molecule has 1 N–H and O–H groups in total. The smallest absolute Gasteiger partial charge is 0.253 e. The first kappa shape index (κ1) is 21.5. The minimum absolute atomic E-state index is 0.114. The van der Waals surface area contributed by atoms with Gasteiger partial charge in [0.1, 0.15) is 29.7 Å². The van der Waals surface area contributed by atoms with Crippen LogP contribution in [-0.4, -0.2) is 49.3 Å². The Labute approximate surface area is 172 Å². The van der Waals surface area contributed by atoms with Crippen LogP contribution in [0.4, 0.5) is 13.2 Å². The van der Waals surface area contributed by atoms with Crippen LogP contribution >= 0.6 is 11.6 Å². The molecule has 0 bridgehead atoms. The number of amides is 1. The summed E-state index contributed by atoms with van der Waals surface area (Å²) >= 11 is 5.73. The molecule has 0 saturated carbocycles. The number of rotatable bonds is 7. The van der Waals surface area contributed by atoms with E-state index in [2.05, 4.69) is 5.32 Å². The second kappa shape index (κ2) is 9.50. The summed E-state index contributed by atoms with van der Waals surface area (Å²) < 4.78 is 46.7. The third kappa shape index (κ3) is 5.87. The van der Waals surface area contributed by atoms with Crippen molar-refractivity contribution in [3.63, 3.8) is 0 Å². The van der Waals surface area contributed by atoms with Gasteiger partial charge in [0.05, 0.1) is 5.02 Å². The molecule has 0 unspecified atom stereocenters. The molecule has 0 radical (unpaired) electrons. The Morgan fingerprint density at radius 2 is 1.93 bits per heavy atom. The summed E-state index contributed by atoms with van der Waals surface area (Å²) in [5, 5.41) is 2.90. The first-order valence-corrected chi connectivity index (χ1v) is 9.76. The molecule has 156 valence electrons. The fourth-order valence-electron chi connectivity index (χ4n) is 3.21. The van der Waals surface area contributed by atoms with Gasteiger partial charge in [-0.2, -0.15) is 0 Å². The van der Waals surface area contributed by atoms with Crippen LogP contribution in [0, 0.1) is 11.6 Å². The fraction of sp³-hybridized carbons (Fsp3) is 0.381. The molecule has 2 aromatic rings. The number of benzene rings is 2. The van der Waals surface area contributed by atoms with Gasteiger partial charge in [0, 0.05) is 50.7 Å². The normalized spacial score (nSPS) is 15.9. The Balaban J connectivity index is 1.40. The van der Waals surface area contributed by atoms with Crippen LogP contribution in [-0.2, 0) is 0 Å². The molecule has 8 heteroatoms. The van der Waals surface area contributed by atoms with Gasteiger partial charge in [-0.25, -0.2) is 13.2 Å². The molecule has 3 rings (SSSR count). The molecule has 1 aliphatic rings. The molecule has 0 aromatic heterocycles. The highest BCUT2D eigenvalue weighted by Gasteiger charge is 2.35. The lowest BCUT2D eigenvalue weighted by molar-refractivity contribution is 0.0433. The van der Waals surface area contributed by atoms with E-state index < -0.39 is 11.5 Å². The fourth-order valence-corrected chi connectivity index (χ4v) is 3.39. The standard InChI is InChI=1S/C21H22ClF3N2O2/c22-18-12-15(4-5-19(18)24)20(28)27-9-6-21(25,7-10-27)14-26-8-11-29-17-3-1-2-16(23)13-17/h1-5,12-13,26H,6-11,14H2. The molecule has 0 atom stereocenters. The topological polar surface area (TPSA) is 41.6 Å². The maximum absolute atomic E-state index is 15.0. The van der Waals surface area contributed by atoms with Gasteiger partial charge in [-0.15, -0.1) is 0 Å². The van der Waals surface area contributed by atoms with Crippen molar-refractivity contribution in [3.05, 3.63) is 64.7 Å². The molecule has 2 aromatic carbocycles. The summed E-state index contributed by atoms with van der Waals surface area (Å²) in [6.07, 6.45) is 0.400. The van der Waals surface area contributed by atoms with E-state index in [0.29, 0.717) is 12.3 Å². The predicted molar refractivity (Wildman–Crippen MR) is 105 cm³/mol. The quantitative estimate of drug-likeness (QED) is 0.674. The Hall–Kier alpha value is -2.25. The van der Waals surface area contributed by atoms with Crippen molar-refractivity contribution in [1.29, 1.82) is 0 Å². The first-order valence-electron chi connectivity index (χ1n) is 9.39. The van der Waals surface area contributed by atoms with Gasteiger partial charge < -0.3 is 15.0 Å². The number of hydrogen-bond donors (Lipinski definition) is 1. The second-order valence-corrected chi connectivity index (χ2v) is 7.46. The van der Waals surface area contributed by atoms with E-state index in [4.69, 9.17) is 16.3 Å². The van der Waals surface area contributed by atoms with E-state index in [0.717, 1.165) is 6.07 Å². The number of ether oxygens (including phenoxy) is 1. The minimum atomic E-state index is -1.42. The van der Waals surface area contributed by atoms with Crippen LogP contribution in [0.3, 0.4) is 0 Å². The molecule has 0 spiro atoms. The highest BCUT2D eigenvalue weighted by atomic mass is 35.5. The number of carbonyl (C=O) groups excluding carboxylic acids is 1. The Bertz CT molecular complexity index is 858. The van der Waals surface area contributed by atoms with E-state index in [9.17, 15) is 18.0 Å². The SMILES string of the molecule is O=C(c1ccc(F)c(Cl)c1)N1CCC(F)(CNCCOc2cccc(F)c2)CC1. The van der Waals surface area contributed by atoms with Crippen molar-refractivity contribution in [1.82, 2.24) is 10.2 Å². The average molecular weight is 427 g/mol. The lowest BCUT2D eigenvalue weighted by Gasteiger charge is -2.36. The molecular weight excluding hydrogens is 405 g/mol. The summed E-state index contributed by atoms with van der Waals surface area (Å²) in [6.45, 7) is 1.38. The molecule has 4 nitrogen and oxygen atoms in total. The molecule has 29 heavy (non-hydrogen) atoms. The Morgan fingerprint density at radius 3 is 2.62 bits per heavy atom. The van der Waals surface area contributed by atoms with Crippen molar-refractivity contribution in [2.24, 2.45) is 0 Å². The Morgan fingerprint density at radius 1 is 1.17 bits per heavy atom. The number of halogens is 4. The van der Waals surface area contributed by atoms with Gasteiger partial charge in [0.25, 0.3) is 5.91 Å². The van der Waals surface area contributed by atoms with Crippen molar-refractivity contribution in [2.75, 3.05) is 32.8 Å². The minimum Gasteiger partial charge on any atom is -0.492 e. The third-order valence-corrected chi connectivity index (χ3v) is 5.19. The first-order chi connectivity index (χ1) is 13.9. The van der Waals surface area contributed by atoms with E-state index in [1.54, 1.807) is 17.0 Å². The summed E-state index contributed by atoms with van der Waals surface area (Å²) in [5.41, 5.74) is -1.13. The molecule has 1 saturated heterocycles. The monoisotopic (exact) mass is 426 g/mol.